The molecule has 0 aliphatic rings. The fourth-order valence-corrected chi connectivity index (χ4v) is 1.17. The van der Waals surface area contributed by atoms with Crippen LogP contribution in [0.5, 0.6) is 0 Å². The van der Waals surface area contributed by atoms with E-state index in [1.165, 1.54) is 11.5 Å². The predicted octanol–water partition coefficient (Wildman–Crippen LogP) is 2.92. The van der Waals surface area contributed by atoms with Crippen molar-refractivity contribution in [1.82, 2.24) is 4.37 Å². The summed E-state index contributed by atoms with van der Waals surface area (Å²) in [7, 11) is 0. The first-order valence-electron chi connectivity index (χ1n) is 4.18. The van der Waals surface area contributed by atoms with E-state index in [0.29, 0.717) is 5.69 Å². The van der Waals surface area contributed by atoms with Gasteiger partial charge in [0.25, 0.3) is 0 Å². The Morgan fingerprint density at radius 3 is 2.40 bits per heavy atom. The second kappa shape index (κ2) is 6.56. The summed E-state index contributed by atoms with van der Waals surface area (Å²) >= 11 is 1.46. The maximum atomic E-state index is 10.1. The van der Waals surface area contributed by atoms with Crippen LogP contribution in [-0.2, 0) is 0 Å². The summed E-state index contributed by atoms with van der Waals surface area (Å²) in [5.41, 5.74) is 0.593. The van der Waals surface area contributed by atoms with Crippen LogP contribution in [0.2, 0.25) is 0 Å². The molecule has 1 heterocycles. The van der Waals surface area contributed by atoms with Crippen molar-refractivity contribution < 1.29 is 9.90 Å². The second-order valence-corrected chi connectivity index (χ2v) is 3.18. The lowest BCUT2D eigenvalue weighted by molar-refractivity contribution is 0.210. The van der Waals surface area contributed by atoms with Crippen LogP contribution in [-0.4, -0.2) is 15.6 Å². The Kier molecular flexibility index (Phi) is 4.89. The number of benzene rings is 1. The Bertz CT molecular complexity index is 358. The van der Waals surface area contributed by atoms with Gasteiger partial charge >= 0.3 is 6.09 Å². The minimum Gasteiger partial charge on any atom is -0.465 e. The van der Waals surface area contributed by atoms with Gasteiger partial charge in [0.1, 0.15) is 0 Å². The molecule has 0 spiro atoms. The largest absolute Gasteiger partial charge is 0.465 e. The number of aromatic nitrogens is 1. The summed E-state index contributed by atoms with van der Waals surface area (Å²) in [6.07, 6.45) is 0.733. The number of anilines is 1. The number of carbonyl (C=O) groups is 1. The zero-order chi connectivity index (χ0) is 10.9. The van der Waals surface area contributed by atoms with Gasteiger partial charge in [0, 0.05) is 17.3 Å². The molecule has 4 nitrogen and oxygen atoms in total. The maximum absolute atomic E-state index is 10.1. The molecular formula is C10H10N2O2S. The minimum absolute atomic E-state index is 0.593. The molecule has 2 rings (SSSR count). The van der Waals surface area contributed by atoms with Crippen LogP contribution >= 0.6 is 11.5 Å². The van der Waals surface area contributed by atoms with E-state index in [1.807, 2.05) is 17.5 Å². The molecule has 0 radical (unpaired) electrons. The SMILES string of the molecule is O=C(O)Nc1ccccc1.c1cnsc1. The van der Waals surface area contributed by atoms with Gasteiger partial charge in [0.15, 0.2) is 0 Å². The van der Waals surface area contributed by atoms with Gasteiger partial charge in [0.2, 0.25) is 0 Å². The number of nitrogens with zero attached hydrogens (tertiary/aromatic N) is 1. The van der Waals surface area contributed by atoms with Crippen molar-refractivity contribution in [3.8, 4) is 0 Å². The van der Waals surface area contributed by atoms with Gasteiger partial charge in [-0.25, -0.2) is 9.17 Å². The number of para-hydroxylation sites is 1. The third kappa shape index (κ3) is 5.43. The molecule has 0 aliphatic heterocycles. The van der Waals surface area contributed by atoms with E-state index in [0.717, 1.165) is 0 Å². The zero-order valence-electron chi connectivity index (χ0n) is 7.83. The first-order chi connectivity index (χ1) is 7.29. The summed E-state index contributed by atoms with van der Waals surface area (Å²) in [5, 5.41) is 12.4. The van der Waals surface area contributed by atoms with Gasteiger partial charge < -0.3 is 5.11 Å². The highest BCUT2D eigenvalue weighted by atomic mass is 32.1. The van der Waals surface area contributed by atoms with Crippen molar-refractivity contribution in [2.45, 2.75) is 0 Å². The Morgan fingerprint density at radius 2 is 2.00 bits per heavy atom. The molecule has 1 aromatic carbocycles. The molecule has 0 bridgehead atoms. The van der Waals surface area contributed by atoms with Crippen LogP contribution in [0, 0.1) is 0 Å². The third-order valence-corrected chi connectivity index (χ3v) is 1.89. The normalized spacial score (nSPS) is 8.53. The second-order valence-electron chi connectivity index (χ2n) is 2.48. The van der Waals surface area contributed by atoms with Crippen LogP contribution in [0.1, 0.15) is 0 Å². The molecule has 1 aromatic heterocycles. The van der Waals surface area contributed by atoms with E-state index in [1.54, 1.807) is 30.5 Å². The molecule has 78 valence electrons. The highest BCUT2D eigenvalue weighted by Crippen LogP contribution is 2.03. The van der Waals surface area contributed by atoms with Crippen LogP contribution in [0.3, 0.4) is 0 Å². The number of hydrogen-bond donors (Lipinski definition) is 2. The average Bonchev–Trinajstić information content (AvgIpc) is 2.76. The van der Waals surface area contributed by atoms with Crippen molar-refractivity contribution in [3.63, 3.8) is 0 Å². The van der Waals surface area contributed by atoms with E-state index in [9.17, 15) is 4.79 Å². The molecule has 0 saturated heterocycles. The minimum atomic E-state index is -1.04. The Labute approximate surface area is 91.4 Å². The van der Waals surface area contributed by atoms with Crippen molar-refractivity contribution in [2.24, 2.45) is 0 Å². The van der Waals surface area contributed by atoms with Crippen molar-refractivity contribution in [1.29, 1.82) is 0 Å². The summed E-state index contributed by atoms with van der Waals surface area (Å²) in [6, 6.07) is 10.6. The van der Waals surface area contributed by atoms with Gasteiger partial charge in [-0.05, 0) is 29.7 Å². The number of nitrogens with one attached hydrogen (secondary N) is 1. The van der Waals surface area contributed by atoms with E-state index < -0.39 is 6.09 Å². The number of rotatable bonds is 1. The van der Waals surface area contributed by atoms with Crippen molar-refractivity contribution >= 4 is 23.3 Å². The van der Waals surface area contributed by atoms with E-state index in [4.69, 9.17) is 5.11 Å². The van der Waals surface area contributed by atoms with Gasteiger partial charge in [-0.2, -0.15) is 0 Å². The summed E-state index contributed by atoms with van der Waals surface area (Å²) in [6.45, 7) is 0. The molecule has 1 amide bonds. The molecule has 0 aliphatic carbocycles. The molecule has 0 fully saturated rings. The molecular weight excluding hydrogens is 212 g/mol. The summed E-state index contributed by atoms with van der Waals surface area (Å²) < 4.78 is 3.76. The Hall–Kier alpha value is -1.88. The van der Waals surface area contributed by atoms with E-state index >= 15 is 0 Å². The number of amides is 1. The van der Waals surface area contributed by atoms with Gasteiger partial charge in [-0.1, -0.05) is 18.2 Å². The topological polar surface area (TPSA) is 62.2 Å². The van der Waals surface area contributed by atoms with Crippen molar-refractivity contribution in [3.05, 3.63) is 48.0 Å². The fourth-order valence-electron chi connectivity index (χ4n) is 0.821. The summed E-state index contributed by atoms with van der Waals surface area (Å²) in [5.74, 6) is 0. The quantitative estimate of drug-likeness (QED) is 0.779. The number of carboxylic acid groups (broad SMARTS) is 1. The van der Waals surface area contributed by atoms with E-state index in [-0.39, 0.29) is 0 Å². The molecule has 5 heteroatoms. The van der Waals surface area contributed by atoms with Crippen LogP contribution < -0.4 is 5.32 Å². The zero-order valence-corrected chi connectivity index (χ0v) is 8.65. The van der Waals surface area contributed by atoms with Gasteiger partial charge in [-0.3, -0.25) is 5.32 Å². The summed E-state index contributed by atoms with van der Waals surface area (Å²) in [4.78, 5) is 10.1. The highest BCUT2D eigenvalue weighted by molar-refractivity contribution is 7.03. The van der Waals surface area contributed by atoms with Gasteiger partial charge in [0.05, 0.1) is 0 Å². The molecule has 0 saturated carbocycles. The molecule has 15 heavy (non-hydrogen) atoms. The average molecular weight is 222 g/mol. The fraction of sp³-hybridized carbons (Fsp3) is 0. The standard InChI is InChI=1S/C7H7NO2.C3H3NS/c9-7(10)8-6-4-2-1-3-5-6;1-2-4-5-3-1/h1-5,8H,(H,9,10);1-3H. The highest BCUT2D eigenvalue weighted by Gasteiger charge is 1.93. The Balaban J connectivity index is 0.000000187. The smallest absolute Gasteiger partial charge is 0.409 e. The Morgan fingerprint density at radius 1 is 1.27 bits per heavy atom. The lowest BCUT2D eigenvalue weighted by atomic mass is 10.3. The van der Waals surface area contributed by atoms with E-state index in [2.05, 4.69) is 9.69 Å². The first kappa shape index (κ1) is 11.2. The lowest BCUT2D eigenvalue weighted by Gasteiger charge is -1.96. The lowest BCUT2D eigenvalue weighted by Crippen LogP contribution is -2.06. The molecule has 0 atom stereocenters. The molecule has 2 N–H and O–H groups in total. The van der Waals surface area contributed by atoms with Gasteiger partial charge in [-0.15, -0.1) is 0 Å². The molecule has 2 aromatic rings. The van der Waals surface area contributed by atoms with Crippen LogP contribution in [0.4, 0.5) is 10.5 Å². The van der Waals surface area contributed by atoms with Crippen LogP contribution in [0.25, 0.3) is 0 Å². The monoisotopic (exact) mass is 222 g/mol. The predicted molar refractivity (Wildman–Crippen MR) is 60.2 cm³/mol. The maximum Gasteiger partial charge on any atom is 0.409 e. The van der Waals surface area contributed by atoms with Crippen LogP contribution in [0.15, 0.2) is 48.0 Å². The molecule has 0 unspecified atom stereocenters. The number of hydrogen-bond acceptors (Lipinski definition) is 3. The third-order valence-electron chi connectivity index (χ3n) is 1.37. The van der Waals surface area contributed by atoms with Crippen molar-refractivity contribution in [2.75, 3.05) is 5.32 Å². The first-order valence-corrected chi connectivity index (χ1v) is 5.02.